The van der Waals surface area contributed by atoms with Gasteiger partial charge in [-0.1, -0.05) is 35.3 Å². The summed E-state index contributed by atoms with van der Waals surface area (Å²) in [5.74, 6) is 0. The van der Waals surface area contributed by atoms with E-state index in [0.29, 0.717) is 10.2 Å². The molecule has 3 rings (SSSR count). The van der Waals surface area contributed by atoms with E-state index >= 15 is 0 Å². The van der Waals surface area contributed by atoms with Crippen molar-refractivity contribution in [1.82, 2.24) is 9.78 Å². The van der Waals surface area contributed by atoms with Crippen LogP contribution in [0, 0.1) is 6.92 Å². The fraction of sp³-hybridized carbons (Fsp3) is 0.118. The summed E-state index contributed by atoms with van der Waals surface area (Å²) in [5, 5.41) is 5.35. The van der Waals surface area contributed by atoms with Gasteiger partial charge in [-0.25, -0.2) is 13.1 Å². The third kappa shape index (κ3) is 3.34. The molecule has 0 bridgehead atoms. The number of sulfone groups is 1. The van der Waals surface area contributed by atoms with Crippen molar-refractivity contribution in [2.24, 2.45) is 0 Å². The highest BCUT2D eigenvalue weighted by Crippen LogP contribution is 2.28. The number of benzene rings is 2. The molecule has 0 saturated carbocycles. The van der Waals surface area contributed by atoms with Crippen molar-refractivity contribution in [3.05, 3.63) is 64.3 Å². The zero-order valence-electron chi connectivity index (χ0n) is 13.0. The van der Waals surface area contributed by atoms with Crippen molar-refractivity contribution in [3.63, 3.8) is 0 Å². The summed E-state index contributed by atoms with van der Waals surface area (Å²) in [6.07, 6.45) is 1.18. The topological polar surface area (TPSA) is 52.0 Å². The Labute approximate surface area is 150 Å². The molecule has 0 N–H and O–H groups in total. The Morgan fingerprint density at radius 3 is 2.25 bits per heavy atom. The van der Waals surface area contributed by atoms with Gasteiger partial charge in [0.25, 0.3) is 0 Å². The fourth-order valence-electron chi connectivity index (χ4n) is 2.39. The van der Waals surface area contributed by atoms with E-state index in [4.69, 9.17) is 23.2 Å². The Balaban J connectivity index is 2.11. The monoisotopic (exact) mass is 380 g/mol. The molecule has 0 spiro atoms. The van der Waals surface area contributed by atoms with Gasteiger partial charge >= 0.3 is 0 Å². The Morgan fingerprint density at radius 1 is 1.00 bits per heavy atom. The van der Waals surface area contributed by atoms with Gasteiger partial charge in [-0.3, -0.25) is 0 Å². The first-order valence-electron chi connectivity index (χ1n) is 7.08. The van der Waals surface area contributed by atoms with Crippen LogP contribution in [0.2, 0.25) is 10.2 Å². The predicted molar refractivity (Wildman–Crippen MR) is 96.9 cm³/mol. The maximum absolute atomic E-state index is 11.6. The van der Waals surface area contributed by atoms with Crippen LogP contribution in [0.15, 0.2) is 53.4 Å². The Bertz CT molecular complexity index is 1010. The summed E-state index contributed by atoms with van der Waals surface area (Å²) in [6, 6.07) is 13.9. The second-order valence-electron chi connectivity index (χ2n) is 5.49. The predicted octanol–water partition coefficient (Wildman–Crippen LogP) is 4.56. The van der Waals surface area contributed by atoms with Crippen molar-refractivity contribution in [3.8, 4) is 16.9 Å². The third-order valence-electron chi connectivity index (χ3n) is 3.64. The first-order chi connectivity index (χ1) is 11.3. The number of hydrogen-bond donors (Lipinski definition) is 0. The van der Waals surface area contributed by atoms with Crippen LogP contribution in [-0.2, 0) is 9.84 Å². The van der Waals surface area contributed by atoms with Crippen molar-refractivity contribution in [1.29, 1.82) is 0 Å². The summed E-state index contributed by atoms with van der Waals surface area (Å²) >= 11 is 12.2. The second-order valence-corrected chi connectivity index (χ2v) is 8.30. The molecule has 0 unspecified atom stereocenters. The molecule has 0 aliphatic heterocycles. The number of rotatable bonds is 3. The molecule has 24 heavy (non-hydrogen) atoms. The molecule has 0 fully saturated rings. The lowest BCUT2D eigenvalue weighted by molar-refractivity contribution is 0.602. The van der Waals surface area contributed by atoms with Gasteiger partial charge in [0.05, 0.1) is 16.3 Å². The van der Waals surface area contributed by atoms with E-state index in [9.17, 15) is 8.42 Å². The van der Waals surface area contributed by atoms with Crippen LogP contribution in [-0.4, -0.2) is 24.5 Å². The number of aryl methyl sites for hydroxylation is 1. The van der Waals surface area contributed by atoms with E-state index in [0.717, 1.165) is 22.5 Å². The lowest BCUT2D eigenvalue weighted by Gasteiger charge is -2.09. The summed E-state index contributed by atoms with van der Waals surface area (Å²) in [5.41, 5.74) is 3.33. The lowest BCUT2D eigenvalue weighted by atomic mass is 10.1. The van der Waals surface area contributed by atoms with Crippen molar-refractivity contribution >= 4 is 33.0 Å². The van der Waals surface area contributed by atoms with Crippen LogP contribution in [0.4, 0.5) is 0 Å². The molecular weight excluding hydrogens is 367 g/mol. The molecule has 4 nitrogen and oxygen atoms in total. The lowest BCUT2D eigenvalue weighted by Crippen LogP contribution is -2.00. The van der Waals surface area contributed by atoms with Gasteiger partial charge < -0.3 is 0 Å². The van der Waals surface area contributed by atoms with Crippen LogP contribution in [0.1, 0.15) is 5.56 Å². The molecule has 0 atom stereocenters. The standard InChI is InChI=1S/C17H14Cl2N2O2S/c1-11-9-13(5-8-15(11)18)21-16(10-17(19)20-21)12-3-6-14(7-4-12)24(2,22)23/h3-10H,1-2H3. The number of aromatic nitrogens is 2. The SMILES string of the molecule is Cc1cc(-n2nc(Cl)cc2-c2ccc(S(C)(=O)=O)cc2)ccc1Cl. The molecule has 2 aromatic carbocycles. The van der Waals surface area contributed by atoms with Gasteiger partial charge in [-0.05, 0) is 42.8 Å². The molecule has 124 valence electrons. The minimum absolute atomic E-state index is 0.269. The molecule has 0 amide bonds. The molecule has 0 aliphatic rings. The quantitative estimate of drug-likeness (QED) is 0.669. The minimum atomic E-state index is -3.23. The van der Waals surface area contributed by atoms with Crippen molar-refractivity contribution in [2.45, 2.75) is 11.8 Å². The molecule has 7 heteroatoms. The number of hydrogen-bond acceptors (Lipinski definition) is 3. The molecule has 0 aliphatic carbocycles. The van der Waals surface area contributed by atoms with E-state index in [1.807, 2.05) is 19.1 Å². The van der Waals surface area contributed by atoms with E-state index in [1.165, 1.54) is 6.26 Å². The van der Waals surface area contributed by atoms with Gasteiger partial charge in [0.2, 0.25) is 0 Å². The molecule has 0 radical (unpaired) electrons. The maximum Gasteiger partial charge on any atom is 0.175 e. The Hall–Kier alpha value is -1.82. The average molecular weight is 381 g/mol. The highest BCUT2D eigenvalue weighted by Gasteiger charge is 2.13. The molecule has 1 aromatic heterocycles. The molecular formula is C17H14Cl2N2O2S. The van der Waals surface area contributed by atoms with Crippen LogP contribution in [0.25, 0.3) is 16.9 Å². The fourth-order valence-corrected chi connectivity index (χ4v) is 3.32. The average Bonchev–Trinajstić information content (AvgIpc) is 2.91. The third-order valence-corrected chi connectivity index (χ3v) is 5.38. The molecule has 0 saturated heterocycles. The Kier molecular flexibility index (Phi) is 4.42. The first kappa shape index (κ1) is 17.0. The summed E-state index contributed by atoms with van der Waals surface area (Å²) in [7, 11) is -3.23. The molecule has 3 aromatic rings. The van der Waals surface area contributed by atoms with Gasteiger partial charge in [-0.15, -0.1) is 0 Å². The van der Waals surface area contributed by atoms with Crippen LogP contribution in [0.5, 0.6) is 0 Å². The van der Waals surface area contributed by atoms with E-state index in [-0.39, 0.29) is 4.90 Å². The minimum Gasteiger partial charge on any atom is -0.232 e. The van der Waals surface area contributed by atoms with Gasteiger partial charge in [-0.2, -0.15) is 5.10 Å². The van der Waals surface area contributed by atoms with E-state index in [2.05, 4.69) is 5.10 Å². The summed E-state index contributed by atoms with van der Waals surface area (Å²) in [4.78, 5) is 0.269. The second kappa shape index (κ2) is 6.24. The van der Waals surface area contributed by atoms with E-state index < -0.39 is 9.84 Å². The van der Waals surface area contributed by atoms with Gasteiger partial charge in [0.15, 0.2) is 15.0 Å². The van der Waals surface area contributed by atoms with E-state index in [1.54, 1.807) is 41.1 Å². The molecule has 1 heterocycles. The van der Waals surface area contributed by atoms with Crippen molar-refractivity contribution in [2.75, 3.05) is 6.26 Å². The van der Waals surface area contributed by atoms with Crippen LogP contribution < -0.4 is 0 Å². The highest BCUT2D eigenvalue weighted by atomic mass is 35.5. The van der Waals surface area contributed by atoms with Gasteiger partial charge in [0.1, 0.15) is 0 Å². The summed E-state index contributed by atoms with van der Waals surface area (Å²) < 4.78 is 24.9. The zero-order chi connectivity index (χ0) is 17.5. The Morgan fingerprint density at radius 2 is 1.67 bits per heavy atom. The first-order valence-corrected chi connectivity index (χ1v) is 9.73. The normalized spacial score (nSPS) is 11.7. The number of nitrogens with zero attached hydrogens (tertiary/aromatic N) is 2. The number of halogens is 2. The van der Waals surface area contributed by atoms with Crippen LogP contribution >= 0.6 is 23.2 Å². The smallest absolute Gasteiger partial charge is 0.175 e. The maximum atomic E-state index is 11.6. The largest absolute Gasteiger partial charge is 0.232 e. The van der Waals surface area contributed by atoms with Crippen molar-refractivity contribution < 1.29 is 8.42 Å². The summed E-state index contributed by atoms with van der Waals surface area (Å²) in [6.45, 7) is 1.91. The van der Waals surface area contributed by atoms with Gasteiger partial charge in [0, 0.05) is 22.9 Å². The van der Waals surface area contributed by atoms with Crippen LogP contribution in [0.3, 0.4) is 0 Å². The zero-order valence-corrected chi connectivity index (χ0v) is 15.3. The highest BCUT2D eigenvalue weighted by molar-refractivity contribution is 7.90.